The number of aliphatic hydroxyl groups is 2. The predicted octanol–water partition coefficient (Wildman–Crippen LogP) is -0.319. The molecule has 0 saturated heterocycles. The minimum atomic E-state index is -0.367. The van der Waals surface area contributed by atoms with Gasteiger partial charge in [0.2, 0.25) is 5.91 Å². The standard InChI is InChI=1S/C9H19NO4.ClH/c10-9(13)3-5-14-4-1-2-8(6-11)7-12;/h8,11-12H,1-7H2,(H2,10,13);1H. The van der Waals surface area contributed by atoms with Gasteiger partial charge in [0.05, 0.1) is 6.61 Å². The van der Waals surface area contributed by atoms with Gasteiger partial charge in [-0.2, -0.15) is 0 Å². The Labute approximate surface area is 96.0 Å². The molecule has 0 aliphatic carbocycles. The highest BCUT2D eigenvalue weighted by atomic mass is 35.5. The van der Waals surface area contributed by atoms with Crippen molar-refractivity contribution in [3.8, 4) is 0 Å². The van der Waals surface area contributed by atoms with E-state index in [1.807, 2.05) is 0 Å². The van der Waals surface area contributed by atoms with E-state index < -0.39 is 0 Å². The molecular weight excluding hydrogens is 222 g/mol. The maximum Gasteiger partial charge on any atom is 0.219 e. The number of carbonyl (C=O) groups is 1. The Kier molecular flexibility index (Phi) is 13.3. The molecule has 0 aromatic rings. The van der Waals surface area contributed by atoms with E-state index >= 15 is 0 Å². The van der Waals surface area contributed by atoms with Crippen molar-refractivity contribution in [1.82, 2.24) is 0 Å². The number of rotatable bonds is 9. The van der Waals surface area contributed by atoms with Gasteiger partial charge in [-0.1, -0.05) is 0 Å². The van der Waals surface area contributed by atoms with Gasteiger partial charge in [-0.3, -0.25) is 4.79 Å². The van der Waals surface area contributed by atoms with Crippen LogP contribution in [-0.2, 0) is 9.53 Å². The Morgan fingerprint density at radius 2 is 1.87 bits per heavy atom. The lowest BCUT2D eigenvalue weighted by Crippen LogP contribution is -2.15. The number of nitrogens with two attached hydrogens (primary N) is 1. The van der Waals surface area contributed by atoms with E-state index in [1.165, 1.54) is 0 Å². The Hall–Kier alpha value is -0.360. The lowest BCUT2D eigenvalue weighted by Gasteiger charge is -2.09. The fourth-order valence-corrected chi connectivity index (χ4v) is 0.989. The molecule has 0 heterocycles. The van der Waals surface area contributed by atoms with Gasteiger partial charge < -0.3 is 20.7 Å². The van der Waals surface area contributed by atoms with E-state index in [0.29, 0.717) is 13.2 Å². The van der Waals surface area contributed by atoms with Crippen molar-refractivity contribution in [1.29, 1.82) is 0 Å². The summed E-state index contributed by atoms with van der Waals surface area (Å²) < 4.78 is 5.12. The molecule has 0 spiro atoms. The van der Waals surface area contributed by atoms with Crippen LogP contribution in [-0.4, -0.2) is 42.5 Å². The van der Waals surface area contributed by atoms with Crippen molar-refractivity contribution < 1.29 is 19.7 Å². The van der Waals surface area contributed by atoms with Gasteiger partial charge >= 0.3 is 0 Å². The maximum absolute atomic E-state index is 10.3. The summed E-state index contributed by atoms with van der Waals surface area (Å²) in [5.74, 6) is -0.427. The van der Waals surface area contributed by atoms with Crippen molar-refractivity contribution in [2.45, 2.75) is 19.3 Å². The number of halogens is 1. The highest BCUT2D eigenvalue weighted by Gasteiger charge is 2.04. The SMILES string of the molecule is Cl.NC(=O)CCOCCCC(CO)CO. The summed E-state index contributed by atoms with van der Waals surface area (Å²) >= 11 is 0. The van der Waals surface area contributed by atoms with E-state index in [-0.39, 0.29) is 43.9 Å². The zero-order valence-corrected chi connectivity index (χ0v) is 9.54. The monoisotopic (exact) mass is 241 g/mol. The summed E-state index contributed by atoms with van der Waals surface area (Å²) in [7, 11) is 0. The van der Waals surface area contributed by atoms with Gasteiger partial charge in [0.25, 0.3) is 0 Å². The van der Waals surface area contributed by atoms with Crippen LogP contribution >= 0.6 is 12.4 Å². The van der Waals surface area contributed by atoms with Crippen LogP contribution in [0.5, 0.6) is 0 Å². The smallest absolute Gasteiger partial charge is 0.219 e. The highest BCUT2D eigenvalue weighted by Crippen LogP contribution is 2.04. The van der Waals surface area contributed by atoms with Crippen LogP contribution in [0.3, 0.4) is 0 Å². The molecule has 15 heavy (non-hydrogen) atoms. The molecule has 0 radical (unpaired) electrons. The second-order valence-electron chi connectivity index (χ2n) is 3.20. The Bertz CT molecular complexity index is 153. The van der Waals surface area contributed by atoms with Crippen molar-refractivity contribution >= 4 is 18.3 Å². The first-order chi connectivity index (χ1) is 6.70. The molecule has 0 atom stereocenters. The number of ether oxygens (including phenoxy) is 1. The van der Waals surface area contributed by atoms with E-state index in [2.05, 4.69) is 0 Å². The lowest BCUT2D eigenvalue weighted by atomic mass is 10.1. The lowest BCUT2D eigenvalue weighted by molar-refractivity contribution is -0.119. The molecule has 0 aliphatic rings. The summed E-state index contributed by atoms with van der Waals surface area (Å²) in [6, 6.07) is 0. The molecule has 0 saturated carbocycles. The molecule has 92 valence electrons. The average Bonchev–Trinajstić information content (AvgIpc) is 2.16. The maximum atomic E-state index is 10.3. The molecular formula is C9H20ClNO4. The first-order valence-corrected chi connectivity index (χ1v) is 4.78. The van der Waals surface area contributed by atoms with E-state index in [0.717, 1.165) is 12.8 Å². The minimum Gasteiger partial charge on any atom is -0.396 e. The number of amides is 1. The van der Waals surface area contributed by atoms with Crippen LogP contribution in [0.25, 0.3) is 0 Å². The van der Waals surface area contributed by atoms with Crippen LogP contribution in [0.1, 0.15) is 19.3 Å². The van der Waals surface area contributed by atoms with Crippen LogP contribution in [0.15, 0.2) is 0 Å². The summed E-state index contributed by atoms with van der Waals surface area (Å²) in [6.45, 7) is 0.873. The highest BCUT2D eigenvalue weighted by molar-refractivity contribution is 5.85. The van der Waals surface area contributed by atoms with Crippen LogP contribution in [0.4, 0.5) is 0 Å². The van der Waals surface area contributed by atoms with Gasteiger partial charge in [0, 0.05) is 32.2 Å². The summed E-state index contributed by atoms with van der Waals surface area (Å²) in [4.78, 5) is 10.3. The molecule has 6 heteroatoms. The normalized spacial score (nSPS) is 10.1. The molecule has 0 aromatic carbocycles. The molecule has 0 aromatic heterocycles. The summed E-state index contributed by atoms with van der Waals surface area (Å²) in [5.41, 5.74) is 4.91. The number of hydrogen-bond donors (Lipinski definition) is 3. The summed E-state index contributed by atoms with van der Waals surface area (Å²) in [5, 5.41) is 17.5. The molecule has 0 unspecified atom stereocenters. The van der Waals surface area contributed by atoms with Crippen molar-refractivity contribution in [2.75, 3.05) is 26.4 Å². The summed E-state index contributed by atoms with van der Waals surface area (Å²) in [6.07, 6.45) is 1.73. The fourth-order valence-electron chi connectivity index (χ4n) is 0.989. The quantitative estimate of drug-likeness (QED) is 0.483. The predicted molar refractivity (Wildman–Crippen MR) is 58.8 cm³/mol. The molecule has 1 amide bonds. The molecule has 0 bridgehead atoms. The second kappa shape index (κ2) is 11.7. The number of carbonyl (C=O) groups excluding carboxylic acids is 1. The third-order valence-electron chi connectivity index (χ3n) is 1.91. The van der Waals surface area contributed by atoms with Gasteiger partial charge in [-0.15, -0.1) is 12.4 Å². The van der Waals surface area contributed by atoms with Gasteiger partial charge in [-0.25, -0.2) is 0 Å². The Balaban J connectivity index is 0. The second-order valence-corrected chi connectivity index (χ2v) is 3.20. The first kappa shape index (κ1) is 17.0. The number of primary amides is 1. The fraction of sp³-hybridized carbons (Fsp3) is 0.889. The molecule has 4 N–H and O–H groups in total. The minimum absolute atomic E-state index is 0. The molecule has 0 rings (SSSR count). The molecule has 0 aliphatic heterocycles. The Morgan fingerprint density at radius 3 is 2.33 bits per heavy atom. The van der Waals surface area contributed by atoms with Crippen molar-refractivity contribution in [3.05, 3.63) is 0 Å². The van der Waals surface area contributed by atoms with Crippen LogP contribution < -0.4 is 5.73 Å². The zero-order valence-electron chi connectivity index (χ0n) is 8.72. The van der Waals surface area contributed by atoms with Crippen molar-refractivity contribution in [3.63, 3.8) is 0 Å². The molecule has 5 nitrogen and oxygen atoms in total. The number of hydrogen-bond acceptors (Lipinski definition) is 4. The number of aliphatic hydroxyl groups excluding tert-OH is 2. The van der Waals surface area contributed by atoms with Crippen LogP contribution in [0, 0.1) is 5.92 Å². The zero-order chi connectivity index (χ0) is 10.8. The van der Waals surface area contributed by atoms with Gasteiger partial charge in [0.15, 0.2) is 0 Å². The first-order valence-electron chi connectivity index (χ1n) is 4.78. The van der Waals surface area contributed by atoms with Crippen LogP contribution in [0.2, 0.25) is 0 Å². The van der Waals surface area contributed by atoms with E-state index in [9.17, 15) is 4.79 Å². The van der Waals surface area contributed by atoms with Crippen molar-refractivity contribution in [2.24, 2.45) is 11.7 Å². The third-order valence-corrected chi connectivity index (χ3v) is 1.91. The van der Waals surface area contributed by atoms with Gasteiger partial charge in [0.1, 0.15) is 0 Å². The molecule has 0 fully saturated rings. The third kappa shape index (κ3) is 11.6. The topological polar surface area (TPSA) is 92.8 Å². The Morgan fingerprint density at radius 1 is 1.27 bits per heavy atom. The van der Waals surface area contributed by atoms with E-state index in [4.69, 9.17) is 20.7 Å². The van der Waals surface area contributed by atoms with Gasteiger partial charge in [-0.05, 0) is 12.8 Å². The largest absolute Gasteiger partial charge is 0.396 e. The van der Waals surface area contributed by atoms with E-state index in [1.54, 1.807) is 0 Å². The average molecular weight is 242 g/mol.